The summed E-state index contributed by atoms with van der Waals surface area (Å²) in [5, 5.41) is 19.9. The number of thiocyanates is 1. The third kappa shape index (κ3) is 1.89. The van der Waals surface area contributed by atoms with Crippen LogP contribution in [0.1, 0.15) is 25.7 Å². The second-order valence-electron chi connectivity index (χ2n) is 2.60. The van der Waals surface area contributed by atoms with Crippen LogP contribution >= 0.6 is 11.8 Å². The van der Waals surface area contributed by atoms with Gasteiger partial charge in [0.2, 0.25) is 0 Å². The first-order valence-electron chi connectivity index (χ1n) is 3.57. The molecule has 1 fully saturated rings. The number of thioether (sulfide) groups is 1. The Morgan fingerprint density at radius 2 is 2.10 bits per heavy atom. The fourth-order valence-corrected chi connectivity index (χ4v) is 2.00. The third-order valence-electron chi connectivity index (χ3n) is 1.87. The molecule has 0 aromatic carbocycles. The minimum atomic E-state index is -0.238. The predicted octanol–water partition coefficient (Wildman–Crippen LogP) is 1.50. The zero-order chi connectivity index (χ0) is 7.40. The normalized spacial score (nSPS) is 33.2. The Morgan fingerprint density at radius 3 is 2.70 bits per heavy atom. The van der Waals surface area contributed by atoms with Crippen LogP contribution in [0.4, 0.5) is 0 Å². The Kier molecular flexibility index (Phi) is 3.04. The van der Waals surface area contributed by atoms with Gasteiger partial charge in [0.15, 0.2) is 0 Å². The van der Waals surface area contributed by atoms with Gasteiger partial charge in [-0.2, -0.15) is 5.26 Å². The molecule has 1 saturated carbocycles. The van der Waals surface area contributed by atoms with Gasteiger partial charge in [-0.05, 0) is 24.6 Å². The van der Waals surface area contributed by atoms with Crippen LogP contribution in [-0.2, 0) is 0 Å². The van der Waals surface area contributed by atoms with Gasteiger partial charge in [-0.25, -0.2) is 0 Å². The van der Waals surface area contributed by atoms with Crippen molar-refractivity contribution in [3.63, 3.8) is 0 Å². The van der Waals surface area contributed by atoms with Crippen LogP contribution in [-0.4, -0.2) is 16.5 Å². The van der Waals surface area contributed by atoms with E-state index < -0.39 is 0 Å². The van der Waals surface area contributed by atoms with Gasteiger partial charge in [-0.15, -0.1) is 0 Å². The monoisotopic (exact) mass is 157 g/mol. The topological polar surface area (TPSA) is 44.0 Å². The molecule has 0 aliphatic heterocycles. The molecule has 0 spiro atoms. The van der Waals surface area contributed by atoms with E-state index in [4.69, 9.17) is 5.26 Å². The summed E-state index contributed by atoms with van der Waals surface area (Å²) in [7, 11) is 0. The molecule has 0 heterocycles. The van der Waals surface area contributed by atoms with Crippen LogP contribution in [0.2, 0.25) is 0 Å². The first-order valence-corrected chi connectivity index (χ1v) is 4.45. The van der Waals surface area contributed by atoms with Crippen molar-refractivity contribution in [1.82, 2.24) is 0 Å². The second-order valence-corrected chi connectivity index (χ2v) is 3.62. The quantitative estimate of drug-likeness (QED) is 0.587. The van der Waals surface area contributed by atoms with Crippen molar-refractivity contribution < 1.29 is 5.11 Å². The minimum Gasteiger partial charge on any atom is -0.392 e. The molecule has 10 heavy (non-hydrogen) atoms. The van der Waals surface area contributed by atoms with E-state index in [1.165, 1.54) is 11.8 Å². The van der Waals surface area contributed by atoms with Gasteiger partial charge in [-0.3, -0.25) is 0 Å². The minimum absolute atomic E-state index is 0.179. The summed E-state index contributed by atoms with van der Waals surface area (Å²) in [6, 6.07) is 0. The van der Waals surface area contributed by atoms with Crippen LogP contribution in [0.3, 0.4) is 0 Å². The first kappa shape index (κ1) is 7.90. The van der Waals surface area contributed by atoms with E-state index in [-0.39, 0.29) is 11.4 Å². The maximum absolute atomic E-state index is 9.33. The molecule has 1 rings (SSSR count). The highest BCUT2D eigenvalue weighted by atomic mass is 32.2. The molecule has 1 aliphatic rings. The molecule has 0 bridgehead atoms. The van der Waals surface area contributed by atoms with Crippen molar-refractivity contribution in [3.8, 4) is 5.40 Å². The third-order valence-corrected chi connectivity index (χ3v) is 2.83. The number of aliphatic hydroxyl groups excluding tert-OH is 1. The smallest absolute Gasteiger partial charge is 0.133 e. The molecule has 0 saturated heterocycles. The fourth-order valence-electron chi connectivity index (χ4n) is 1.28. The SMILES string of the molecule is N#CSC1CCCCC1O. The molecule has 3 heteroatoms. The standard InChI is InChI=1S/C7H11NOS/c8-5-10-7-4-2-1-3-6(7)9/h6-7,9H,1-4H2. The lowest BCUT2D eigenvalue weighted by Gasteiger charge is -2.24. The first-order chi connectivity index (χ1) is 4.84. The van der Waals surface area contributed by atoms with E-state index in [1.54, 1.807) is 0 Å². The van der Waals surface area contributed by atoms with E-state index in [2.05, 4.69) is 0 Å². The van der Waals surface area contributed by atoms with E-state index in [9.17, 15) is 5.11 Å². The summed E-state index contributed by atoms with van der Waals surface area (Å²) in [5.74, 6) is 0. The Hall–Kier alpha value is -0.200. The fraction of sp³-hybridized carbons (Fsp3) is 0.857. The van der Waals surface area contributed by atoms with Crippen molar-refractivity contribution in [3.05, 3.63) is 0 Å². The van der Waals surface area contributed by atoms with E-state index in [0.29, 0.717) is 0 Å². The number of nitrogens with zero attached hydrogens (tertiary/aromatic N) is 1. The summed E-state index contributed by atoms with van der Waals surface area (Å²) < 4.78 is 0. The summed E-state index contributed by atoms with van der Waals surface area (Å²) in [4.78, 5) is 0. The van der Waals surface area contributed by atoms with Crippen LogP contribution in [0.25, 0.3) is 0 Å². The molecule has 56 valence electrons. The van der Waals surface area contributed by atoms with Crippen molar-refractivity contribution in [2.45, 2.75) is 37.0 Å². The number of aliphatic hydroxyl groups is 1. The Labute approximate surface area is 65.2 Å². The largest absolute Gasteiger partial charge is 0.392 e. The molecule has 2 unspecified atom stereocenters. The average Bonchev–Trinajstić information content (AvgIpc) is 1.94. The van der Waals surface area contributed by atoms with E-state index >= 15 is 0 Å². The Morgan fingerprint density at radius 1 is 1.40 bits per heavy atom. The molecule has 0 aromatic rings. The highest BCUT2D eigenvalue weighted by Gasteiger charge is 2.22. The molecule has 0 amide bonds. The molecular formula is C7H11NOS. The van der Waals surface area contributed by atoms with Crippen LogP contribution < -0.4 is 0 Å². The van der Waals surface area contributed by atoms with Gasteiger partial charge >= 0.3 is 0 Å². The molecule has 0 aromatic heterocycles. The maximum atomic E-state index is 9.33. The molecular weight excluding hydrogens is 146 g/mol. The van der Waals surface area contributed by atoms with Crippen LogP contribution in [0.5, 0.6) is 0 Å². The van der Waals surface area contributed by atoms with Gasteiger partial charge in [0, 0.05) is 5.25 Å². The van der Waals surface area contributed by atoms with Crippen LogP contribution in [0.15, 0.2) is 0 Å². The lowest BCUT2D eigenvalue weighted by Crippen LogP contribution is -2.26. The number of nitriles is 1. The summed E-state index contributed by atoms with van der Waals surface area (Å²) in [6.45, 7) is 0. The highest BCUT2D eigenvalue weighted by molar-refractivity contribution is 8.04. The van der Waals surface area contributed by atoms with E-state index in [0.717, 1.165) is 25.7 Å². The Bertz CT molecular complexity index is 143. The average molecular weight is 157 g/mol. The van der Waals surface area contributed by atoms with Crippen molar-refractivity contribution in [1.29, 1.82) is 5.26 Å². The zero-order valence-electron chi connectivity index (χ0n) is 5.79. The van der Waals surface area contributed by atoms with Crippen molar-refractivity contribution >= 4 is 11.8 Å². The zero-order valence-corrected chi connectivity index (χ0v) is 6.60. The summed E-state index contributed by atoms with van der Waals surface area (Å²) in [6.07, 6.45) is 3.91. The molecule has 0 radical (unpaired) electrons. The number of rotatable bonds is 1. The highest BCUT2D eigenvalue weighted by Crippen LogP contribution is 2.27. The summed E-state index contributed by atoms with van der Waals surface area (Å²) >= 11 is 1.22. The van der Waals surface area contributed by atoms with Crippen molar-refractivity contribution in [2.75, 3.05) is 0 Å². The molecule has 1 N–H and O–H groups in total. The molecule has 2 atom stereocenters. The Balaban J connectivity index is 2.34. The van der Waals surface area contributed by atoms with Crippen LogP contribution in [0, 0.1) is 10.7 Å². The van der Waals surface area contributed by atoms with Gasteiger partial charge in [0.1, 0.15) is 5.40 Å². The predicted molar refractivity (Wildman–Crippen MR) is 41.5 cm³/mol. The van der Waals surface area contributed by atoms with Gasteiger partial charge in [0.25, 0.3) is 0 Å². The van der Waals surface area contributed by atoms with E-state index in [1.807, 2.05) is 5.40 Å². The molecule has 2 nitrogen and oxygen atoms in total. The second kappa shape index (κ2) is 3.85. The number of hydrogen-bond donors (Lipinski definition) is 1. The van der Waals surface area contributed by atoms with Gasteiger partial charge in [0.05, 0.1) is 6.10 Å². The lowest BCUT2D eigenvalue weighted by atomic mass is 9.97. The number of hydrogen-bond acceptors (Lipinski definition) is 3. The molecule has 1 aliphatic carbocycles. The summed E-state index contributed by atoms with van der Waals surface area (Å²) in [5.41, 5.74) is 0. The van der Waals surface area contributed by atoms with Gasteiger partial charge in [-0.1, -0.05) is 12.8 Å². The lowest BCUT2D eigenvalue weighted by molar-refractivity contribution is 0.137. The van der Waals surface area contributed by atoms with Crippen molar-refractivity contribution in [2.24, 2.45) is 0 Å². The maximum Gasteiger partial charge on any atom is 0.133 e. The van der Waals surface area contributed by atoms with Gasteiger partial charge < -0.3 is 5.11 Å².